The first kappa shape index (κ1) is 20.8. The van der Waals surface area contributed by atoms with E-state index in [0.717, 1.165) is 27.0 Å². The Labute approximate surface area is 176 Å². The summed E-state index contributed by atoms with van der Waals surface area (Å²) >= 11 is 0. The summed E-state index contributed by atoms with van der Waals surface area (Å²) in [5.41, 5.74) is 1.83. The summed E-state index contributed by atoms with van der Waals surface area (Å²) in [5.74, 6) is -0.432. The highest BCUT2D eigenvalue weighted by atomic mass is 33.1. The van der Waals surface area contributed by atoms with Crippen LogP contribution in [0.15, 0.2) is 89.7 Å². The van der Waals surface area contributed by atoms with Crippen LogP contribution in [-0.2, 0) is 27.5 Å². The summed E-state index contributed by atoms with van der Waals surface area (Å²) in [5, 5.41) is 0. The largest absolute Gasteiger partial charge is 0.458 e. The van der Waals surface area contributed by atoms with E-state index in [0.29, 0.717) is 0 Å². The highest BCUT2D eigenvalue weighted by Crippen LogP contribution is 2.37. The third-order valence-electron chi connectivity index (χ3n) is 3.71. The molecule has 0 radical (unpaired) electrons. The van der Waals surface area contributed by atoms with Gasteiger partial charge in [-0.25, -0.2) is 19.1 Å². The predicted molar refractivity (Wildman–Crippen MR) is 112 cm³/mol. The third kappa shape index (κ3) is 6.55. The molecule has 1 aromatic heterocycles. The molecule has 0 aliphatic rings. The maximum absolute atomic E-state index is 11.8. The highest BCUT2D eigenvalue weighted by Gasteiger charge is 2.06. The van der Waals surface area contributed by atoms with Gasteiger partial charge in [-0.3, -0.25) is 0 Å². The molecule has 0 atom stereocenters. The summed E-state index contributed by atoms with van der Waals surface area (Å²) in [6.45, 7) is 3.80. The van der Waals surface area contributed by atoms with Crippen molar-refractivity contribution >= 4 is 33.7 Å². The smallest absolute Gasteiger partial charge is 0.419 e. The number of hydrogen-bond donors (Lipinski definition) is 0. The Morgan fingerprint density at radius 2 is 1.48 bits per heavy atom. The molecule has 0 fully saturated rings. The minimum absolute atomic E-state index is 0.201. The Morgan fingerprint density at radius 1 is 0.931 bits per heavy atom. The van der Waals surface area contributed by atoms with Gasteiger partial charge < -0.3 is 9.47 Å². The molecule has 0 unspecified atom stereocenters. The Balaban J connectivity index is 1.44. The lowest BCUT2D eigenvalue weighted by atomic mass is 10.2. The monoisotopic (exact) mass is 426 g/mol. The summed E-state index contributed by atoms with van der Waals surface area (Å²) in [7, 11) is 3.26. The van der Waals surface area contributed by atoms with Crippen LogP contribution in [0.25, 0.3) is 0 Å². The number of benzene rings is 2. The van der Waals surface area contributed by atoms with Crippen LogP contribution >= 0.6 is 21.6 Å². The topological polar surface area (TPSA) is 70.4 Å². The highest BCUT2D eigenvalue weighted by molar-refractivity contribution is 8.76. The molecule has 0 bridgehead atoms. The van der Waals surface area contributed by atoms with E-state index >= 15 is 0 Å². The van der Waals surface area contributed by atoms with E-state index in [9.17, 15) is 9.59 Å². The lowest BCUT2D eigenvalue weighted by Crippen LogP contribution is -2.11. The fourth-order valence-electron chi connectivity index (χ4n) is 2.18. The van der Waals surface area contributed by atoms with Gasteiger partial charge in [-0.2, -0.15) is 0 Å². The predicted octanol–water partition coefficient (Wildman–Crippen LogP) is 5.10. The molecule has 6 nitrogen and oxygen atoms in total. The van der Waals surface area contributed by atoms with Crippen molar-refractivity contribution in [2.24, 2.45) is 0 Å². The fraction of sp³-hybridized carbons (Fsp3) is 0.0952. The normalized spacial score (nSPS) is 10.3. The summed E-state index contributed by atoms with van der Waals surface area (Å²) in [4.78, 5) is 28.9. The number of aromatic nitrogens is 2. The first-order valence-electron chi connectivity index (χ1n) is 8.61. The number of rotatable bonds is 8. The molecular weight excluding hydrogens is 408 g/mol. The second kappa shape index (κ2) is 10.5. The Bertz CT molecular complexity index is 955. The van der Waals surface area contributed by atoms with E-state index in [-0.39, 0.29) is 13.2 Å². The van der Waals surface area contributed by atoms with Crippen molar-refractivity contribution < 1.29 is 19.1 Å². The van der Waals surface area contributed by atoms with Gasteiger partial charge in [0.2, 0.25) is 0 Å². The van der Waals surface area contributed by atoms with Crippen LogP contribution in [0, 0.1) is 0 Å². The van der Waals surface area contributed by atoms with Crippen LogP contribution in [0.4, 0.5) is 4.79 Å². The quantitative estimate of drug-likeness (QED) is 0.282. The van der Waals surface area contributed by atoms with E-state index in [1.54, 1.807) is 27.8 Å². The van der Waals surface area contributed by atoms with Crippen LogP contribution < -0.4 is 0 Å². The molecule has 0 aliphatic heterocycles. The van der Waals surface area contributed by atoms with Gasteiger partial charge in [-0.1, -0.05) is 52.4 Å². The van der Waals surface area contributed by atoms with Gasteiger partial charge in [0, 0.05) is 28.3 Å². The molecule has 148 valence electrons. The molecule has 3 aromatic rings. The molecule has 0 amide bonds. The van der Waals surface area contributed by atoms with Gasteiger partial charge in [0.25, 0.3) is 0 Å². The lowest BCUT2D eigenvalue weighted by molar-refractivity contribution is -0.138. The molecular formula is C21H18N2O4S2. The molecule has 29 heavy (non-hydrogen) atoms. The van der Waals surface area contributed by atoms with Crippen LogP contribution in [0.5, 0.6) is 0 Å². The molecule has 1 heterocycles. The van der Waals surface area contributed by atoms with E-state index in [1.807, 2.05) is 48.5 Å². The standard InChI is InChI=1S/C21H18N2O4S2/c1-2-20(24)26-13-16-3-7-18(8-4-16)28-29-19-9-5-17(6-10-19)14-27-21(25)23-12-11-22-15-23/h2-12,15H,1,13-14H2. The van der Waals surface area contributed by atoms with E-state index < -0.39 is 12.1 Å². The number of hydrogen-bond acceptors (Lipinski definition) is 7. The molecule has 8 heteroatoms. The zero-order valence-electron chi connectivity index (χ0n) is 15.4. The van der Waals surface area contributed by atoms with Gasteiger partial charge in [0.15, 0.2) is 0 Å². The maximum Gasteiger partial charge on any atom is 0.419 e. The fourth-order valence-corrected chi connectivity index (χ4v) is 4.11. The Kier molecular flexibility index (Phi) is 7.54. The minimum Gasteiger partial charge on any atom is -0.458 e. The maximum atomic E-state index is 11.8. The van der Waals surface area contributed by atoms with Crippen molar-refractivity contribution in [3.8, 4) is 0 Å². The lowest BCUT2D eigenvalue weighted by Gasteiger charge is -2.07. The molecule has 0 spiro atoms. The Morgan fingerprint density at radius 3 is 1.97 bits per heavy atom. The van der Waals surface area contributed by atoms with Crippen LogP contribution in [-0.4, -0.2) is 21.6 Å². The van der Waals surface area contributed by atoms with Crippen molar-refractivity contribution in [3.63, 3.8) is 0 Å². The molecule has 0 aliphatic carbocycles. The van der Waals surface area contributed by atoms with Gasteiger partial charge >= 0.3 is 12.1 Å². The van der Waals surface area contributed by atoms with Crippen LogP contribution in [0.1, 0.15) is 11.1 Å². The third-order valence-corrected chi connectivity index (χ3v) is 6.12. The van der Waals surface area contributed by atoms with Gasteiger partial charge in [-0.15, -0.1) is 0 Å². The van der Waals surface area contributed by atoms with E-state index in [1.165, 1.54) is 17.1 Å². The molecule has 0 N–H and O–H groups in total. The number of carbonyl (C=O) groups excluding carboxylic acids is 2. The van der Waals surface area contributed by atoms with Crippen LogP contribution in [0.3, 0.4) is 0 Å². The minimum atomic E-state index is -0.459. The molecule has 0 saturated carbocycles. The molecule has 2 aromatic carbocycles. The number of carbonyl (C=O) groups is 2. The van der Waals surface area contributed by atoms with Crippen molar-refractivity contribution in [2.75, 3.05) is 0 Å². The van der Waals surface area contributed by atoms with E-state index in [4.69, 9.17) is 9.47 Å². The number of nitrogens with zero attached hydrogens (tertiary/aromatic N) is 2. The van der Waals surface area contributed by atoms with E-state index in [2.05, 4.69) is 11.6 Å². The molecule has 0 saturated heterocycles. The van der Waals surface area contributed by atoms with Crippen LogP contribution in [0.2, 0.25) is 0 Å². The SMILES string of the molecule is C=CC(=O)OCc1ccc(SSc2ccc(COC(=O)n3ccnc3)cc2)cc1. The second-order valence-corrected chi connectivity index (χ2v) is 8.07. The van der Waals surface area contributed by atoms with Gasteiger partial charge in [0.05, 0.1) is 0 Å². The number of imidazole rings is 1. The Hall–Kier alpha value is -2.97. The average molecular weight is 427 g/mol. The van der Waals surface area contributed by atoms with Crippen molar-refractivity contribution in [1.82, 2.24) is 9.55 Å². The first-order valence-corrected chi connectivity index (χ1v) is 10.8. The summed E-state index contributed by atoms with van der Waals surface area (Å²) in [6.07, 6.45) is 5.16. The van der Waals surface area contributed by atoms with Crippen molar-refractivity contribution in [3.05, 3.63) is 91.0 Å². The summed E-state index contributed by atoms with van der Waals surface area (Å²) < 4.78 is 11.5. The van der Waals surface area contributed by atoms with Gasteiger partial charge in [0.1, 0.15) is 19.5 Å². The zero-order valence-corrected chi connectivity index (χ0v) is 17.0. The number of esters is 1. The average Bonchev–Trinajstić information content (AvgIpc) is 3.31. The summed E-state index contributed by atoms with van der Waals surface area (Å²) in [6, 6.07) is 15.7. The molecule has 3 rings (SSSR count). The van der Waals surface area contributed by atoms with Crippen molar-refractivity contribution in [1.29, 1.82) is 0 Å². The second-order valence-electron chi connectivity index (χ2n) is 5.79. The number of ether oxygens (including phenoxy) is 2. The van der Waals surface area contributed by atoms with Gasteiger partial charge in [-0.05, 0) is 35.4 Å². The first-order chi connectivity index (χ1) is 14.1. The zero-order chi connectivity index (χ0) is 20.5. The van der Waals surface area contributed by atoms with Crippen molar-refractivity contribution in [2.45, 2.75) is 23.0 Å².